The predicted octanol–water partition coefficient (Wildman–Crippen LogP) is 9.51. The Bertz CT molecular complexity index is 1070. The Kier molecular flexibility index (Phi) is 12.8. The van der Waals surface area contributed by atoms with Crippen LogP contribution in [0.2, 0.25) is 0 Å². The molecule has 2 N–H and O–H groups in total. The fourth-order valence-electron chi connectivity index (χ4n) is 3.02. The van der Waals surface area contributed by atoms with E-state index in [1.54, 1.807) is 19.1 Å². The van der Waals surface area contributed by atoms with Crippen LogP contribution < -0.4 is 0 Å². The summed E-state index contributed by atoms with van der Waals surface area (Å²) in [6.45, 7) is 11.6. The van der Waals surface area contributed by atoms with Crippen molar-refractivity contribution in [3.8, 4) is 33.8 Å². The molecule has 180 valence electrons. The van der Waals surface area contributed by atoms with Gasteiger partial charge < -0.3 is 10.2 Å². The van der Waals surface area contributed by atoms with Gasteiger partial charge in [-0.15, -0.1) is 0 Å². The van der Waals surface area contributed by atoms with E-state index in [9.17, 15) is 14.6 Å². The summed E-state index contributed by atoms with van der Waals surface area (Å²) >= 11 is 0. The van der Waals surface area contributed by atoms with Gasteiger partial charge in [0.05, 0.1) is 0 Å². The third kappa shape index (κ3) is 8.74. The van der Waals surface area contributed by atoms with Crippen LogP contribution in [0.25, 0.3) is 22.3 Å². The molecular formula is C31H37FO2. The Balaban J connectivity index is 0.000000297. The summed E-state index contributed by atoms with van der Waals surface area (Å²) in [6.07, 6.45) is -0.894. The number of rotatable bonds is 3. The van der Waals surface area contributed by atoms with E-state index in [1.165, 1.54) is 11.6 Å². The van der Waals surface area contributed by atoms with Crippen molar-refractivity contribution in [1.29, 1.82) is 0 Å². The lowest BCUT2D eigenvalue weighted by atomic mass is 10.0. The zero-order valence-electron chi connectivity index (χ0n) is 21.1. The van der Waals surface area contributed by atoms with Crippen LogP contribution in [-0.4, -0.2) is 10.2 Å². The van der Waals surface area contributed by atoms with Gasteiger partial charge in [0.1, 0.15) is 6.17 Å². The maximum absolute atomic E-state index is 13.0. The molecular weight excluding hydrogens is 423 g/mol. The van der Waals surface area contributed by atoms with Crippen LogP contribution in [0, 0.1) is 6.92 Å². The summed E-state index contributed by atoms with van der Waals surface area (Å²) in [7, 11) is 0. The van der Waals surface area contributed by atoms with Gasteiger partial charge in [0.25, 0.3) is 0 Å². The van der Waals surface area contributed by atoms with E-state index in [4.69, 9.17) is 0 Å². The average molecular weight is 461 g/mol. The van der Waals surface area contributed by atoms with Gasteiger partial charge in [-0.05, 0) is 53.8 Å². The van der Waals surface area contributed by atoms with E-state index in [0.29, 0.717) is 0 Å². The fourth-order valence-corrected chi connectivity index (χ4v) is 3.02. The molecule has 0 aliphatic heterocycles. The SMILES string of the molecule is CC.CC.CC(F)c1ccc(-c2ccccc2)cc1.Cc1ccc(-c2ccc(O)c(O)c2)cc1. The number of aromatic hydroxyl groups is 2. The van der Waals surface area contributed by atoms with Crippen molar-refractivity contribution in [2.24, 2.45) is 0 Å². The smallest absolute Gasteiger partial charge is 0.158 e. The number of phenols is 2. The number of hydrogen-bond donors (Lipinski definition) is 2. The Morgan fingerprint density at radius 1 is 0.559 bits per heavy atom. The van der Waals surface area contributed by atoms with Gasteiger partial charge in [-0.2, -0.15) is 0 Å². The van der Waals surface area contributed by atoms with Crippen molar-refractivity contribution >= 4 is 0 Å². The van der Waals surface area contributed by atoms with Crippen LogP contribution >= 0.6 is 0 Å². The van der Waals surface area contributed by atoms with Crippen molar-refractivity contribution in [1.82, 2.24) is 0 Å². The lowest BCUT2D eigenvalue weighted by Gasteiger charge is -2.04. The van der Waals surface area contributed by atoms with Gasteiger partial charge in [-0.25, -0.2) is 4.39 Å². The molecule has 0 saturated carbocycles. The first-order valence-corrected chi connectivity index (χ1v) is 11.8. The molecule has 0 heterocycles. The monoisotopic (exact) mass is 460 g/mol. The molecule has 0 aliphatic carbocycles. The predicted molar refractivity (Wildman–Crippen MR) is 144 cm³/mol. The highest BCUT2D eigenvalue weighted by molar-refractivity contribution is 5.67. The highest BCUT2D eigenvalue weighted by Gasteiger charge is 2.03. The van der Waals surface area contributed by atoms with Crippen LogP contribution in [0.4, 0.5) is 4.39 Å². The number of halogens is 1. The van der Waals surface area contributed by atoms with E-state index in [-0.39, 0.29) is 11.5 Å². The summed E-state index contributed by atoms with van der Waals surface area (Å²) in [5.41, 5.74) is 6.13. The lowest BCUT2D eigenvalue weighted by Crippen LogP contribution is -1.85. The number of alkyl halides is 1. The third-order valence-electron chi connectivity index (χ3n) is 4.84. The van der Waals surface area contributed by atoms with Gasteiger partial charge in [-0.3, -0.25) is 0 Å². The molecule has 0 radical (unpaired) electrons. The molecule has 0 bridgehead atoms. The molecule has 4 aromatic carbocycles. The van der Waals surface area contributed by atoms with Gasteiger partial charge in [0.15, 0.2) is 11.5 Å². The van der Waals surface area contributed by atoms with Crippen molar-refractivity contribution in [2.45, 2.75) is 47.7 Å². The Hall–Kier alpha value is -3.59. The minimum absolute atomic E-state index is 0.0897. The van der Waals surface area contributed by atoms with E-state index >= 15 is 0 Å². The molecule has 0 amide bonds. The van der Waals surface area contributed by atoms with Crippen LogP contribution in [-0.2, 0) is 0 Å². The summed E-state index contributed by atoms with van der Waals surface area (Å²) in [5, 5.41) is 18.6. The van der Waals surface area contributed by atoms with Gasteiger partial charge in [0, 0.05) is 0 Å². The molecule has 4 rings (SSSR count). The molecule has 2 nitrogen and oxygen atoms in total. The molecule has 0 saturated heterocycles. The average Bonchev–Trinajstić information content (AvgIpc) is 2.89. The summed E-state index contributed by atoms with van der Waals surface area (Å²) in [6, 6.07) is 30.5. The first-order chi connectivity index (χ1) is 16.4. The summed E-state index contributed by atoms with van der Waals surface area (Å²) < 4.78 is 13.0. The van der Waals surface area contributed by atoms with Crippen molar-refractivity contribution in [2.75, 3.05) is 0 Å². The Morgan fingerprint density at radius 2 is 1.00 bits per heavy atom. The van der Waals surface area contributed by atoms with Gasteiger partial charge >= 0.3 is 0 Å². The van der Waals surface area contributed by atoms with E-state index < -0.39 is 6.17 Å². The van der Waals surface area contributed by atoms with Crippen LogP contribution in [0.5, 0.6) is 11.5 Å². The minimum atomic E-state index is -0.894. The molecule has 34 heavy (non-hydrogen) atoms. The largest absolute Gasteiger partial charge is 0.504 e. The molecule has 3 heteroatoms. The molecule has 1 unspecified atom stereocenters. The Labute approximate surface area is 204 Å². The summed E-state index contributed by atoms with van der Waals surface area (Å²) in [4.78, 5) is 0. The highest BCUT2D eigenvalue weighted by atomic mass is 19.1. The third-order valence-corrected chi connectivity index (χ3v) is 4.84. The molecule has 4 aromatic rings. The van der Waals surface area contributed by atoms with E-state index in [1.807, 2.05) is 113 Å². The zero-order valence-corrected chi connectivity index (χ0v) is 21.1. The molecule has 0 aliphatic rings. The van der Waals surface area contributed by atoms with Crippen LogP contribution in [0.15, 0.2) is 97.1 Å². The maximum Gasteiger partial charge on any atom is 0.158 e. The van der Waals surface area contributed by atoms with Gasteiger partial charge in [-0.1, -0.05) is 118 Å². The topological polar surface area (TPSA) is 40.5 Å². The second-order valence-electron chi connectivity index (χ2n) is 7.17. The van der Waals surface area contributed by atoms with E-state index in [0.717, 1.165) is 27.8 Å². The van der Waals surface area contributed by atoms with Crippen molar-refractivity contribution in [3.63, 3.8) is 0 Å². The summed E-state index contributed by atoms with van der Waals surface area (Å²) in [5.74, 6) is -0.182. The Morgan fingerprint density at radius 3 is 1.50 bits per heavy atom. The number of benzene rings is 4. The van der Waals surface area contributed by atoms with Crippen LogP contribution in [0.1, 0.15) is 51.9 Å². The van der Waals surface area contributed by atoms with E-state index in [2.05, 4.69) is 0 Å². The standard InChI is InChI=1S/C14H13F.C13H12O2.2C2H6/c1-11(15)12-7-9-14(10-8-12)13-5-3-2-4-6-13;1-9-2-4-10(5-3-9)11-6-7-12(14)13(15)8-11;2*1-2/h2-11H,1H3;2-8,14-15H,1H3;2*1-2H3. The number of phenolic OH excluding ortho intramolecular Hbond substituents is 2. The number of aryl methyl sites for hydroxylation is 1. The molecule has 0 fully saturated rings. The molecule has 0 spiro atoms. The van der Waals surface area contributed by atoms with Crippen molar-refractivity contribution in [3.05, 3.63) is 108 Å². The normalized spacial score (nSPS) is 10.3. The minimum Gasteiger partial charge on any atom is -0.504 e. The second kappa shape index (κ2) is 15.3. The quantitative estimate of drug-likeness (QED) is 0.299. The maximum atomic E-state index is 13.0. The zero-order chi connectivity index (χ0) is 25.5. The highest BCUT2D eigenvalue weighted by Crippen LogP contribution is 2.30. The second-order valence-corrected chi connectivity index (χ2v) is 7.17. The first kappa shape index (κ1) is 28.4. The lowest BCUT2D eigenvalue weighted by molar-refractivity contribution is 0.374. The van der Waals surface area contributed by atoms with Crippen molar-refractivity contribution < 1.29 is 14.6 Å². The van der Waals surface area contributed by atoms with Crippen LogP contribution in [0.3, 0.4) is 0 Å². The fraction of sp³-hybridized carbons (Fsp3) is 0.226. The molecule has 1 atom stereocenters. The first-order valence-electron chi connectivity index (χ1n) is 11.8. The number of hydrogen-bond acceptors (Lipinski definition) is 2. The van der Waals surface area contributed by atoms with Gasteiger partial charge in [0.2, 0.25) is 0 Å². The molecule has 0 aromatic heterocycles.